The number of nitrogens with zero attached hydrogens (tertiary/aromatic N) is 4. The normalized spacial score (nSPS) is 11.8. The molecule has 8 nitrogen and oxygen atoms in total. The van der Waals surface area contributed by atoms with Gasteiger partial charge in [0.15, 0.2) is 10.9 Å². The van der Waals surface area contributed by atoms with Crippen molar-refractivity contribution in [1.82, 2.24) is 25.1 Å². The average Bonchev–Trinajstić information content (AvgIpc) is 3.72. The van der Waals surface area contributed by atoms with Crippen molar-refractivity contribution < 1.29 is 13.9 Å². The highest BCUT2D eigenvalue weighted by Crippen LogP contribution is 2.34. The molecular formula is C28H27N5O3S2. The Morgan fingerprint density at radius 2 is 1.92 bits per heavy atom. The molecular weight excluding hydrogens is 518 g/mol. The summed E-state index contributed by atoms with van der Waals surface area (Å²) in [7, 11) is 1.63. The summed E-state index contributed by atoms with van der Waals surface area (Å²) in [5.41, 5.74) is 2.50. The van der Waals surface area contributed by atoms with Gasteiger partial charge in [0, 0.05) is 11.4 Å². The molecule has 0 saturated carbocycles. The Morgan fingerprint density at radius 3 is 2.71 bits per heavy atom. The largest absolute Gasteiger partial charge is 0.495 e. The van der Waals surface area contributed by atoms with Gasteiger partial charge in [-0.2, -0.15) is 0 Å². The highest BCUT2D eigenvalue weighted by Gasteiger charge is 2.21. The summed E-state index contributed by atoms with van der Waals surface area (Å²) in [5.74, 6) is 2.25. The minimum Gasteiger partial charge on any atom is -0.495 e. The zero-order chi connectivity index (χ0) is 26.3. The molecule has 3 aromatic heterocycles. The Hall–Kier alpha value is -3.89. The Kier molecular flexibility index (Phi) is 8.20. The molecule has 0 spiro atoms. The predicted molar refractivity (Wildman–Crippen MR) is 149 cm³/mol. The van der Waals surface area contributed by atoms with Crippen LogP contribution in [0.4, 0.5) is 0 Å². The monoisotopic (exact) mass is 545 g/mol. The third-order valence-electron chi connectivity index (χ3n) is 5.90. The third kappa shape index (κ3) is 5.98. The van der Waals surface area contributed by atoms with Gasteiger partial charge in [-0.3, -0.25) is 9.36 Å². The van der Waals surface area contributed by atoms with E-state index in [9.17, 15) is 4.79 Å². The van der Waals surface area contributed by atoms with Gasteiger partial charge in [0.1, 0.15) is 16.5 Å². The molecule has 38 heavy (non-hydrogen) atoms. The molecule has 0 bridgehead atoms. The van der Waals surface area contributed by atoms with Crippen molar-refractivity contribution in [2.45, 2.75) is 36.7 Å². The van der Waals surface area contributed by atoms with Crippen LogP contribution in [0.3, 0.4) is 0 Å². The number of aromatic nitrogens is 4. The zero-order valence-electron chi connectivity index (χ0n) is 21.0. The first kappa shape index (κ1) is 25.7. The van der Waals surface area contributed by atoms with Gasteiger partial charge in [0.2, 0.25) is 5.82 Å². The maximum Gasteiger partial charge on any atom is 0.270 e. The molecule has 5 aromatic rings. The average molecular weight is 546 g/mol. The van der Waals surface area contributed by atoms with Crippen LogP contribution in [-0.4, -0.2) is 38.8 Å². The maximum absolute atomic E-state index is 12.8. The van der Waals surface area contributed by atoms with Gasteiger partial charge >= 0.3 is 0 Å². The number of hydrogen-bond acceptors (Lipinski definition) is 8. The van der Waals surface area contributed by atoms with Gasteiger partial charge < -0.3 is 14.5 Å². The lowest BCUT2D eigenvalue weighted by Crippen LogP contribution is -2.33. The number of thioether (sulfide) groups is 1. The van der Waals surface area contributed by atoms with E-state index in [1.54, 1.807) is 18.8 Å². The minimum atomic E-state index is -0.157. The molecule has 0 aliphatic rings. The lowest BCUT2D eigenvalue weighted by Gasteiger charge is -2.13. The molecule has 1 N–H and O–H groups in total. The molecule has 0 radical (unpaired) electrons. The van der Waals surface area contributed by atoms with Gasteiger partial charge in [-0.05, 0) is 49.6 Å². The molecule has 0 aliphatic carbocycles. The first-order valence-corrected chi connectivity index (χ1v) is 14.0. The highest BCUT2D eigenvalue weighted by atomic mass is 32.2. The number of aryl methyl sites for hydroxylation is 1. The number of ether oxygens (including phenoxy) is 1. The first-order valence-electron chi connectivity index (χ1n) is 12.2. The number of para-hydroxylation sites is 2. The van der Waals surface area contributed by atoms with Gasteiger partial charge in [0.05, 0.1) is 24.8 Å². The number of hydrogen-bond donors (Lipinski definition) is 1. The summed E-state index contributed by atoms with van der Waals surface area (Å²) < 4.78 is 13.1. The molecule has 0 fully saturated rings. The number of carbonyl (C=O) groups excluding carboxylic acids is 1. The van der Waals surface area contributed by atoms with E-state index in [0.717, 1.165) is 23.5 Å². The van der Waals surface area contributed by atoms with E-state index in [4.69, 9.17) is 9.15 Å². The topological polar surface area (TPSA) is 95.1 Å². The number of nitrogens with one attached hydrogen (secondary N) is 1. The van der Waals surface area contributed by atoms with Crippen LogP contribution >= 0.6 is 23.1 Å². The fourth-order valence-electron chi connectivity index (χ4n) is 3.97. The number of methoxy groups -OCH3 is 1. The minimum absolute atomic E-state index is 0.0432. The van der Waals surface area contributed by atoms with E-state index >= 15 is 0 Å². The van der Waals surface area contributed by atoms with Crippen molar-refractivity contribution in [2.75, 3.05) is 7.11 Å². The van der Waals surface area contributed by atoms with Crippen LogP contribution in [0.25, 0.3) is 17.3 Å². The standard InChI is InChI=1S/C28H27N5O3S2/c1-19(14-15-20-9-4-3-5-10-20)29-27(34)21-17-37-25(30-21)18-38-28-32-31-26(24-13-8-16-36-24)33(28)22-11-6-7-12-23(22)35-2/h3-13,16-17,19H,14-15,18H2,1-2H3,(H,29,34). The first-order chi connectivity index (χ1) is 18.6. The Morgan fingerprint density at radius 1 is 1.11 bits per heavy atom. The van der Waals surface area contributed by atoms with Crippen molar-refractivity contribution in [2.24, 2.45) is 0 Å². The fraction of sp³-hybridized carbons (Fsp3) is 0.214. The molecule has 2 aromatic carbocycles. The Bertz CT molecular complexity index is 1480. The van der Waals surface area contributed by atoms with Crippen molar-refractivity contribution in [3.8, 4) is 23.0 Å². The second kappa shape index (κ2) is 12.1. The molecule has 1 atom stereocenters. The van der Waals surface area contributed by atoms with Crippen molar-refractivity contribution in [3.05, 3.63) is 94.6 Å². The molecule has 3 heterocycles. The van der Waals surface area contributed by atoms with Gasteiger partial charge in [0.25, 0.3) is 5.91 Å². The second-order valence-electron chi connectivity index (χ2n) is 8.60. The van der Waals surface area contributed by atoms with Crippen LogP contribution in [0.2, 0.25) is 0 Å². The molecule has 0 aliphatic heterocycles. The number of carbonyl (C=O) groups is 1. The zero-order valence-corrected chi connectivity index (χ0v) is 22.7. The number of furan rings is 1. The Balaban J connectivity index is 1.26. The van der Waals surface area contributed by atoms with Crippen molar-refractivity contribution in [3.63, 3.8) is 0 Å². The number of thiazole rings is 1. The Labute approximate surface area is 229 Å². The van der Waals surface area contributed by atoms with E-state index in [2.05, 4.69) is 32.6 Å². The van der Waals surface area contributed by atoms with Crippen LogP contribution in [0, 0.1) is 0 Å². The summed E-state index contributed by atoms with van der Waals surface area (Å²) in [6.07, 6.45) is 3.38. The molecule has 5 rings (SSSR count). The molecule has 10 heteroatoms. The quantitative estimate of drug-likeness (QED) is 0.202. The van der Waals surface area contributed by atoms with Crippen LogP contribution < -0.4 is 10.1 Å². The summed E-state index contributed by atoms with van der Waals surface area (Å²) in [4.78, 5) is 17.3. The summed E-state index contributed by atoms with van der Waals surface area (Å²) in [6.45, 7) is 2.02. The van der Waals surface area contributed by atoms with Gasteiger partial charge in [-0.25, -0.2) is 4.98 Å². The van der Waals surface area contributed by atoms with Crippen LogP contribution in [-0.2, 0) is 12.2 Å². The van der Waals surface area contributed by atoms with Crippen LogP contribution in [0.15, 0.2) is 87.9 Å². The number of benzene rings is 2. The van der Waals surface area contributed by atoms with E-state index in [0.29, 0.717) is 33.9 Å². The molecule has 0 saturated heterocycles. The van der Waals surface area contributed by atoms with Crippen LogP contribution in [0.1, 0.15) is 34.4 Å². The van der Waals surface area contributed by atoms with E-state index in [-0.39, 0.29) is 11.9 Å². The molecule has 1 unspecified atom stereocenters. The predicted octanol–water partition coefficient (Wildman–Crippen LogP) is 6.04. The van der Waals surface area contributed by atoms with E-state index < -0.39 is 0 Å². The van der Waals surface area contributed by atoms with Crippen molar-refractivity contribution >= 4 is 29.0 Å². The maximum atomic E-state index is 12.8. The lowest BCUT2D eigenvalue weighted by atomic mass is 10.1. The highest BCUT2D eigenvalue weighted by molar-refractivity contribution is 7.98. The summed E-state index contributed by atoms with van der Waals surface area (Å²) in [6, 6.07) is 21.7. The lowest BCUT2D eigenvalue weighted by molar-refractivity contribution is 0.0934. The summed E-state index contributed by atoms with van der Waals surface area (Å²) in [5, 5.41) is 15.2. The van der Waals surface area contributed by atoms with Gasteiger partial charge in [-0.15, -0.1) is 21.5 Å². The number of rotatable bonds is 11. The second-order valence-corrected chi connectivity index (χ2v) is 10.5. The summed E-state index contributed by atoms with van der Waals surface area (Å²) >= 11 is 2.94. The fourth-order valence-corrected chi connectivity index (χ4v) is 5.70. The number of amides is 1. The molecule has 1 amide bonds. The molecule has 194 valence electrons. The van der Waals surface area contributed by atoms with E-state index in [1.165, 1.54) is 28.7 Å². The van der Waals surface area contributed by atoms with Crippen molar-refractivity contribution in [1.29, 1.82) is 0 Å². The van der Waals surface area contributed by atoms with E-state index in [1.807, 2.05) is 66.1 Å². The van der Waals surface area contributed by atoms with Gasteiger partial charge in [-0.1, -0.05) is 54.2 Å². The van der Waals surface area contributed by atoms with Crippen LogP contribution in [0.5, 0.6) is 5.75 Å². The third-order valence-corrected chi connectivity index (χ3v) is 7.87. The SMILES string of the molecule is COc1ccccc1-n1c(SCc2nc(C(=O)NC(C)CCc3ccccc3)cs2)nnc1-c1ccco1. The smallest absolute Gasteiger partial charge is 0.270 e.